The zero-order chi connectivity index (χ0) is 32.8. The molecule has 0 aliphatic rings. The second-order valence-electron chi connectivity index (χ2n) is 13.2. The summed E-state index contributed by atoms with van der Waals surface area (Å²) in [6.07, 6.45) is 2.11. The fraction of sp³-hybridized carbons (Fsp3) is 0. The molecule has 2 nitrogen and oxygen atoms in total. The lowest BCUT2D eigenvalue weighted by Gasteiger charge is -2.19. The van der Waals surface area contributed by atoms with Crippen LogP contribution in [-0.2, 0) is 0 Å². The Balaban J connectivity index is 1.21. The molecule has 0 radical (unpaired) electrons. The third-order valence-corrected chi connectivity index (χ3v) is 11.5. The van der Waals surface area contributed by atoms with Gasteiger partial charge in [-0.05, 0) is 119 Å². The molecular formula is C47H28N2S. The molecule has 0 saturated carbocycles. The van der Waals surface area contributed by atoms with Crippen LogP contribution in [0.3, 0.4) is 0 Å². The number of hydrogen-bond acceptors (Lipinski definition) is 2. The molecule has 0 spiro atoms. The van der Waals surface area contributed by atoms with Gasteiger partial charge in [0.2, 0.25) is 0 Å². The SMILES string of the molecule is c1ccc2cc(-c3c4ccccc4c(-c4ccc5ccccc5c4)c4cc(-c5ccc6sc7c(nc8ccccn87)c6c5)ccc34)ccc2c1. The van der Waals surface area contributed by atoms with Crippen LogP contribution in [0.2, 0.25) is 0 Å². The van der Waals surface area contributed by atoms with Crippen molar-refractivity contribution in [1.29, 1.82) is 0 Å². The van der Waals surface area contributed by atoms with Crippen molar-refractivity contribution >= 4 is 80.5 Å². The molecule has 3 heteroatoms. The molecule has 0 aliphatic carbocycles. The smallest absolute Gasteiger partial charge is 0.138 e. The first kappa shape index (κ1) is 27.6. The van der Waals surface area contributed by atoms with Crippen LogP contribution >= 0.6 is 11.3 Å². The molecule has 0 bridgehead atoms. The van der Waals surface area contributed by atoms with Crippen LogP contribution in [0.4, 0.5) is 0 Å². The number of imidazole rings is 1. The van der Waals surface area contributed by atoms with Crippen LogP contribution in [0, 0.1) is 0 Å². The molecule has 0 fully saturated rings. The molecule has 8 aromatic carbocycles. The Labute approximate surface area is 292 Å². The van der Waals surface area contributed by atoms with Gasteiger partial charge >= 0.3 is 0 Å². The highest BCUT2D eigenvalue weighted by atomic mass is 32.1. The molecule has 0 unspecified atom stereocenters. The highest BCUT2D eigenvalue weighted by molar-refractivity contribution is 7.25. The van der Waals surface area contributed by atoms with Crippen molar-refractivity contribution in [3.63, 3.8) is 0 Å². The van der Waals surface area contributed by atoms with Gasteiger partial charge in [-0.25, -0.2) is 4.98 Å². The van der Waals surface area contributed by atoms with Crippen molar-refractivity contribution in [3.05, 3.63) is 170 Å². The first-order valence-corrected chi connectivity index (χ1v) is 17.9. The van der Waals surface area contributed by atoms with Gasteiger partial charge in [-0.15, -0.1) is 11.3 Å². The van der Waals surface area contributed by atoms with E-state index in [1.54, 1.807) is 11.3 Å². The molecule has 11 aromatic rings. The summed E-state index contributed by atoms with van der Waals surface area (Å²) < 4.78 is 3.46. The minimum Gasteiger partial charge on any atom is -0.291 e. The van der Waals surface area contributed by atoms with E-state index < -0.39 is 0 Å². The number of nitrogens with zero attached hydrogens (tertiary/aromatic N) is 2. The van der Waals surface area contributed by atoms with Gasteiger partial charge in [-0.1, -0.05) is 121 Å². The van der Waals surface area contributed by atoms with Crippen LogP contribution in [0.1, 0.15) is 0 Å². The molecule has 0 saturated heterocycles. The molecule has 3 aromatic heterocycles. The normalized spacial score (nSPS) is 12.0. The van der Waals surface area contributed by atoms with Gasteiger partial charge in [0.25, 0.3) is 0 Å². The lowest BCUT2D eigenvalue weighted by Crippen LogP contribution is -1.92. The lowest BCUT2D eigenvalue weighted by molar-refractivity contribution is 1.24. The second-order valence-corrected chi connectivity index (χ2v) is 14.2. The average molecular weight is 653 g/mol. The molecule has 3 heterocycles. The number of aromatic nitrogens is 2. The van der Waals surface area contributed by atoms with Gasteiger partial charge in [-0.2, -0.15) is 0 Å². The van der Waals surface area contributed by atoms with Gasteiger partial charge in [0, 0.05) is 16.3 Å². The molecule has 232 valence electrons. The Morgan fingerprint density at radius 2 is 0.940 bits per heavy atom. The molecule has 50 heavy (non-hydrogen) atoms. The van der Waals surface area contributed by atoms with E-state index in [4.69, 9.17) is 4.98 Å². The maximum absolute atomic E-state index is 5.04. The predicted octanol–water partition coefficient (Wildman–Crippen LogP) is 13.3. The van der Waals surface area contributed by atoms with E-state index in [1.807, 2.05) is 0 Å². The summed E-state index contributed by atoms with van der Waals surface area (Å²) in [6, 6.07) is 60.2. The van der Waals surface area contributed by atoms with Gasteiger partial charge in [0.1, 0.15) is 16.0 Å². The summed E-state index contributed by atoms with van der Waals surface area (Å²) in [7, 11) is 0. The lowest BCUT2D eigenvalue weighted by atomic mass is 9.84. The molecule has 0 amide bonds. The standard InChI is InChI=1S/C47H28N2S/c1-3-11-31-25-35(18-16-29(31)9-1)44-37-13-5-6-14-38(37)45(36-19-17-30-10-2-4-12-32(30)26-36)40-27-33(20-22-39(40)44)34-21-23-42-41(28-34)46-47(50-42)49-24-8-7-15-43(49)48-46/h1-28H. The number of pyridine rings is 1. The van der Waals surface area contributed by atoms with Crippen molar-refractivity contribution in [3.8, 4) is 33.4 Å². The molecule has 11 rings (SSSR count). The maximum atomic E-state index is 5.04. The molecule has 0 N–H and O–H groups in total. The van der Waals surface area contributed by atoms with Crippen LogP contribution in [-0.4, -0.2) is 9.38 Å². The highest BCUT2D eigenvalue weighted by Crippen LogP contribution is 2.46. The van der Waals surface area contributed by atoms with Crippen molar-refractivity contribution in [2.75, 3.05) is 0 Å². The molecule has 0 atom stereocenters. The van der Waals surface area contributed by atoms with E-state index in [0.717, 1.165) is 11.2 Å². The third kappa shape index (κ3) is 4.11. The number of rotatable bonds is 3. The van der Waals surface area contributed by atoms with E-state index in [1.165, 1.54) is 91.4 Å². The van der Waals surface area contributed by atoms with Gasteiger partial charge in [0.15, 0.2) is 0 Å². The minimum atomic E-state index is 0.986. The Morgan fingerprint density at radius 1 is 0.400 bits per heavy atom. The number of hydrogen-bond donors (Lipinski definition) is 0. The average Bonchev–Trinajstić information content (AvgIpc) is 3.72. The molecule has 0 aliphatic heterocycles. The van der Waals surface area contributed by atoms with Crippen LogP contribution < -0.4 is 0 Å². The highest BCUT2D eigenvalue weighted by Gasteiger charge is 2.19. The Kier molecular flexibility index (Phi) is 5.86. The fourth-order valence-electron chi connectivity index (χ4n) is 8.00. The van der Waals surface area contributed by atoms with E-state index in [0.29, 0.717) is 0 Å². The Morgan fingerprint density at radius 3 is 1.64 bits per heavy atom. The minimum absolute atomic E-state index is 0.986. The van der Waals surface area contributed by atoms with Crippen molar-refractivity contribution in [1.82, 2.24) is 9.38 Å². The molecular weight excluding hydrogens is 625 g/mol. The number of benzene rings is 8. The topological polar surface area (TPSA) is 17.3 Å². The summed E-state index contributed by atoms with van der Waals surface area (Å²) in [4.78, 5) is 6.23. The maximum Gasteiger partial charge on any atom is 0.138 e. The number of fused-ring (bicyclic) bond motifs is 9. The van der Waals surface area contributed by atoms with Gasteiger partial charge in [0.05, 0.1) is 0 Å². The van der Waals surface area contributed by atoms with Gasteiger partial charge < -0.3 is 0 Å². The zero-order valence-corrected chi connectivity index (χ0v) is 27.8. The zero-order valence-electron chi connectivity index (χ0n) is 27.0. The van der Waals surface area contributed by atoms with Crippen LogP contribution in [0.25, 0.3) is 103 Å². The monoisotopic (exact) mass is 652 g/mol. The summed E-state index contributed by atoms with van der Waals surface area (Å²) in [6.45, 7) is 0. The van der Waals surface area contributed by atoms with Crippen LogP contribution in [0.5, 0.6) is 0 Å². The second kappa shape index (κ2) is 10.6. The first-order valence-electron chi connectivity index (χ1n) is 17.0. The fourth-order valence-corrected chi connectivity index (χ4v) is 9.12. The van der Waals surface area contributed by atoms with Gasteiger partial charge in [-0.3, -0.25) is 4.40 Å². The summed E-state index contributed by atoms with van der Waals surface area (Å²) in [5, 5.41) is 11.2. The quantitative estimate of drug-likeness (QED) is 0.174. The summed E-state index contributed by atoms with van der Waals surface area (Å²) in [5.41, 5.74) is 9.46. The van der Waals surface area contributed by atoms with Crippen molar-refractivity contribution in [2.45, 2.75) is 0 Å². The van der Waals surface area contributed by atoms with Crippen molar-refractivity contribution in [2.24, 2.45) is 0 Å². The van der Waals surface area contributed by atoms with E-state index in [2.05, 4.69) is 174 Å². The Hall–Kier alpha value is -6.29. The summed E-state index contributed by atoms with van der Waals surface area (Å²) >= 11 is 1.81. The van der Waals surface area contributed by atoms with E-state index in [-0.39, 0.29) is 0 Å². The first-order chi connectivity index (χ1) is 24.8. The predicted molar refractivity (Wildman–Crippen MR) is 214 cm³/mol. The van der Waals surface area contributed by atoms with E-state index >= 15 is 0 Å². The summed E-state index contributed by atoms with van der Waals surface area (Å²) in [5.74, 6) is 0. The van der Waals surface area contributed by atoms with E-state index in [9.17, 15) is 0 Å². The van der Waals surface area contributed by atoms with Crippen LogP contribution in [0.15, 0.2) is 170 Å². The number of thiophene rings is 1. The van der Waals surface area contributed by atoms with Crippen molar-refractivity contribution < 1.29 is 0 Å². The third-order valence-electron chi connectivity index (χ3n) is 10.4. The largest absolute Gasteiger partial charge is 0.291 e. The Bertz CT molecular complexity index is 3160.